The molecule has 0 bridgehead atoms. The van der Waals surface area contributed by atoms with Gasteiger partial charge >= 0.3 is 0 Å². The molecule has 1 aromatic rings. The van der Waals surface area contributed by atoms with Crippen molar-refractivity contribution in [2.45, 2.75) is 69.1 Å². The van der Waals surface area contributed by atoms with Crippen LogP contribution < -0.4 is 9.47 Å². The molecule has 1 aromatic carbocycles. The summed E-state index contributed by atoms with van der Waals surface area (Å²) < 4.78 is 12.3. The van der Waals surface area contributed by atoms with Crippen molar-refractivity contribution in [3.05, 3.63) is 23.8 Å². The summed E-state index contributed by atoms with van der Waals surface area (Å²) in [5, 5.41) is 0. The first kappa shape index (κ1) is 13.8. The second-order valence-electron chi connectivity index (χ2n) is 6.78. The van der Waals surface area contributed by atoms with Crippen LogP contribution in [0.2, 0.25) is 0 Å². The Balaban J connectivity index is 1.66. The first-order chi connectivity index (χ1) is 10.8. The lowest BCUT2D eigenvalue weighted by molar-refractivity contribution is -0.105. The normalized spacial score (nSPS) is 24.2. The molecule has 0 N–H and O–H groups in total. The highest BCUT2D eigenvalue weighted by molar-refractivity contribution is 5.49. The molecule has 0 aromatic heterocycles. The van der Waals surface area contributed by atoms with E-state index in [1.54, 1.807) is 6.08 Å². The van der Waals surface area contributed by atoms with Gasteiger partial charge in [0.05, 0.1) is 5.54 Å². The molecule has 3 aliphatic rings. The van der Waals surface area contributed by atoms with Gasteiger partial charge in [0, 0.05) is 12.8 Å². The fourth-order valence-electron chi connectivity index (χ4n) is 4.19. The van der Waals surface area contributed by atoms with E-state index in [9.17, 15) is 4.79 Å². The number of nitrogens with zero attached hydrogens (tertiary/aromatic N) is 1. The summed E-state index contributed by atoms with van der Waals surface area (Å²) >= 11 is 0. The Morgan fingerprint density at radius 3 is 2.32 bits per heavy atom. The summed E-state index contributed by atoms with van der Waals surface area (Å²) in [5.41, 5.74) is 0.659. The highest BCUT2D eigenvalue weighted by Crippen LogP contribution is 2.49. The van der Waals surface area contributed by atoms with Crippen LogP contribution in [0.4, 0.5) is 0 Å². The largest absolute Gasteiger partial charge is 0.448 e. The van der Waals surface area contributed by atoms with E-state index in [2.05, 4.69) is 4.99 Å². The number of rotatable bonds is 2. The summed E-state index contributed by atoms with van der Waals surface area (Å²) in [6.45, 7) is 0. The van der Waals surface area contributed by atoms with Gasteiger partial charge in [-0.1, -0.05) is 25.3 Å². The van der Waals surface area contributed by atoms with E-state index in [-0.39, 0.29) is 0 Å². The van der Waals surface area contributed by atoms with Gasteiger partial charge in [-0.3, -0.25) is 0 Å². The summed E-state index contributed by atoms with van der Waals surface area (Å²) in [6.07, 6.45) is 11.3. The molecule has 1 heterocycles. The molecule has 2 aliphatic carbocycles. The Hall–Kier alpha value is -1.80. The average Bonchev–Trinajstić information content (AvgIpc) is 3.12. The molecule has 0 unspecified atom stereocenters. The SMILES string of the molecule is O=C=NC1(c2ccc3c(c2)OC2(CCCCC2)O3)CCCC1. The molecule has 0 atom stereocenters. The zero-order chi connectivity index (χ0) is 15.0. The number of hydrogen-bond donors (Lipinski definition) is 0. The van der Waals surface area contributed by atoms with Crippen molar-refractivity contribution in [3.63, 3.8) is 0 Å². The van der Waals surface area contributed by atoms with Gasteiger partial charge in [0.2, 0.25) is 6.08 Å². The Kier molecular flexibility index (Phi) is 3.23. The number of fused-ring (bicyclic) bond motifs is 1. The Labute approximate surface area is 130 Å². The zero-order valence-electron chi connectivity index (χ0n) is 12.8. The van der Waals surface area contributed by atoms with Crippen molar-refractivity contribution >= 4 is 6.08 Å². The van der Waals surface area contributed by atoms with Gasteiger partial charge in [0.25, 0.3) is 5.79 Å². The number of carbonyl (C=O) groups excluding carboxylic acids is 1. The van der Waals surface area contributed by atoms with Crippen LogP contribution in [0.5, 0.6) is 11.5 Å². The fraction of sp³-hybridized carbons (Fsp3) is 0.611. The van der Waals surface area contributed by atoms with Crippen molar-refractivity contribution in [2.75, 3.05) is 0 Å². The number of aliphatic imine (C=N–C) groups is 1. The van der Waals surface area contributed by atoms with E-state index in [4.69, 9.17) is 9.47 Å². The first-order valence-electron chi connectivity index (χ1n) is 8.37. The van der Waals surface area contributed by atoms with Crippen molar-refractivity contribution in [2.24, 2.45) is 4.99 Å². The standard InChI is InChI=1S/C18H21NO3/c20-13-19-17(8-4-5-9-17)14-6-7-15-16(12-14)22-18(21-15)10-2-1-3-11-18/h6-7,12H,1-5,8-11H2. The minimum atomic E-state index is -0.448. The lowest BCUT2D eigenvalue weighted by Crippen LogP contribution is -2.40. The van der Waals surface area contributed by atoms with Crippen molar-refractivity contribution < 1.29 is 14.3 Å². The summed E-state index contributed by atoms with van der Waals surface area (Å²) in [7, 11) is 0. The summed E-state index contributed by atoms with van der Waals surface area (Å²) in [5.74, 6) is 1.19. The lowest BCUT2D eigenvalue weighted by atomic mass is 9.89. The molecule has 0 saturated heterocycles. The molecule has 1 aliphatic heterocycles. The number of hydrogen-bond acceptors (Lipinski definition) is 4. The van der Waals surface area contributed by atoms with Crippen LogP contribution in [0.25, 0.3) is 0 Å². The molecule has 116 valence electrons. The van der Waals surface area contributed by atoms with Crippen molar-refractivity contribution in [1.29, 1.82) is 0 Å². The van der Waals surface area contributed by atoms with Gasteiger partial charge in [-0.15, -0.1) is 0 Å². The number of isocyanates is 1. The molecule has 4 heteroatoms. The lowest BCUT2D eigenvalue weighted by Gasteiger charge is -2.31. The van der Waals surface area contributed by atoms with E-state index in [0.717, 1.165) is 68.4 Å². The molecule has 0 radical (unpaired) electrons. The second kappa shape index (κ2) is 5.13. The highest BCUT2D eigenvalue weighted by atomic mass is 16.7. The van der Waals surface area contributed by atoms with Gasteiger partial charge < -0.3 is 9.47 Å². The maximum absolute atomic E-state index is 10.9. The van der Waals surface area contributed by atoms with Gasteiger partial charge in [-0.05, 0) is 43.4 Å². The quantitative estimate of drug-likeness (QED) is 0.606. The summed E-state index contributed by atoms with van der Waals surface area (Å²) in [6, 6.07) is 6.05. The Bertz CT molecular complexity index is 621. The van der Waals surface area contributed by atoms with Crippen LogP contribution in [0.3, 0.4) is 0 Å². The predicted molar refractivity (Wildman–Crippen MR) is 81.8 cm³/mol. The van der Waals surface area contributed by atoms with Crippen LogP contribution in [0, 0.1) is 0 Å². The molecular formula is C18H21NO3. The van der Waals surface area contributed by atoms with Crippen molar-refractivity contribution in [3.8, 4) is 11.5 Å². The number of ether oxygens (including phenoxy) is 2. The smallest absolute Gasteiger partial charge is 0.251 e. The minimum Gasteiger partial charge on any atom is -0.448 e. The third-order valence-corrected chi connectivity index (χ3v) is 5.38. The first-order valence-corrected chi connectivity index (χ1v) is 8.37. The third kappa shape index (κ3) is 2.14. The summed E-state index contributed by atoms with van der Waals surface area (Å²) in [4.78, 5) is 15.0. The molecule has 2 fully saturated rings. The van der Waals surface area contributed by atoms with Crippen LogP contribution in [-0.4, -0.2) is 11.9 Å². The average molecular weight is 299 g/mol. The van der Waals surface area contributed by atoms with E-state index in [1.807, 2.05) is 18.2 Å². The third-order valence-electron chi connectivity index (χ3n) is 5.38. The van der Waals surface area contributed by atoms with Gasteiger partial charge in [-0.2, -0.15) is 4.99 Å². The number of benzene rings is 1. The van der Waals surface area contributed by atoms with Crippen LogP contribution in [-0.2, 0) is 10.3 Å². The predicted octanol–water partition coefficient (Wildman–Crippen LogP) is 4.22. The van der Waals surface area contributed by atoms with E-state index in [1.165, 1.54) is 6.42 Å². The van der Waals surface area contributed by atoms with E-state index >= 15 is 0 Å². The van der Waals surface area contributed by atoms with Crippen LogP contribution in [0.1, 0.15) is 63.4 Å². The molecule has 4 nitrogen and oxygen atoms in total. The maximum Gasteiger partial charge on any atom is 0.251 e. The Morgan fingerprint density at radius 2 is 1.59 bits per heavy atom. The fourth-order valence-corrected chi connectivity index (χ4v) is 4.19. The molecule has 0 amide bonds. The van der Waals surface area contributed by atoms with Crippen molar-refractivity contribution in [1.82, 2.24) is 0 Å². The van der Waals surface area contributed by atoms with Gasteiger partial charge in [0.1, 0.15) is 0 Å². The zero-order valence-corrected chi connectivity index (χ0v) is 12.8. The van der Waals surface area contributed by atoms with Crippen LogP contribution in [0.15, 0.2) is 23.2 Å². The Morgan fingerprint density at radius 1 is 0.909 bits per heavy atom. The molecule has 1 spiro atoms. The topological polar surface area (TPSA) is 47.9 Å². The molecular weight excluding hydrogens is 278 g/mol. The van der Waals surface area contributed by atoms with E-state index < -0.39 is 11.3 Å². The van der Waals surface area contributed by atoms with Gasteiger partial charge in [0.15, 0.2) is 11.5 Å². The van der Waals surface area contributed by atoms with Gasteiger partial charge in [-0.25, -0.2) is 4.79 Å². The monoisotopic (exact) mass is 299 g/mol. The van der Waals surface area contributed by atoms with Crippen LogP contribution >= 0.6 is 0 Å². The molecule has 4 rings (SSSR count). The maximum atomic E-state index is 10.9. The second-order valence-corrected chi connectivity index (χ2v) is 6.78. The molecule has 22 heavy (non-hydrogen) atoms. The molecule has 2 saturated carbocycles. The minimum absolute atomic E-state index is 0.400. The van der Waals surface area contributed by atoms with E-state index in [0.29, 0.717) is 0 Å². The highest BCUT2D eigenvalue weighted by Gasteiger charge is 2.44.